The summed E-state index contributed by atoms with van der Waals surface area (Å²) in [5, 5.41) is 9.56. The molecule has 6 nitrogen and oxygen atoms in total. The van der Waals surface area contributed by atoms with E-state index in [2.05, 4.69) is 4.98 Å². The third kappa shape index (κ3) is 3.83. The van der Waals surface area contributed by atoms with E-state index in [-0.39, 0.29) is 6.42 Å². The van der Waals surface area contributed by atoms with Crippen molar-refractivity contribution in [2.24, 2.45) is 0 Å². The van der Waals surface area contributed by atoms with E-state index >= 15 is 0 Å². The molecule has 0 aliphatic carbocycles. The van der Waals surface area contributed by atoms with Gasteiger partial charge in [0.15, 0.2) is 0 Å². The average Bonchev–Trinajstić information content (AvgIpc) is 2.99. The number of aryl methyl sites for hydroxylation is 1. The topological polar surface area (TPSA) is 75.8 Å². The first-order valence-corrected chi connectivity index (χ1v) is 7.81. The highest BCUT2D eigenvalue weighted by Gasteiger charge is 2.21. The Morgan fingerprint density at radius 3 is 2.61 bits per heavy atom. The van der Waals surface area contributed by atoms with Gasteiger partial charge in [-0.15, -0.1) is 0 Å². The van der Waals surface area contributed by atoms with Crippen molar-refractivity contribution in [1.82, 2.24) is 4.98 Å². The van der Waals surface area contributed by atoms with Gasteiger partial charge < -0.3 is 19.2 Å². The normalized spacial score (nSPS) is 14.9. The maximum atomic E-state index is 10.9. The lowest BCUT2D eigenvalue weighted by Crippen LogP contribution is -2.36. The Labute approximate surface area is 138 Å². The molecule has 0 unspecified atom stereocenters. The molecule has 1 aromatic heterocycles. The first-order chi connectivity index (χ1) is 11.1. The number of aliphatic carboxylic acids is 1. The second-order valence-electron chi connectivity index (χ2n) is 5.27. The van der Waals surface area contributed by atoms with E-state index in [1.54, 1.807) is 12.1 Å². The summed E-state index contributed by atoms with van der Waals surface area (Å²) in [6.45, 7) is 2.67. The van der Waals surface area contributed by atoms with Crippen molar-refractivity contribution in [2.75, 3.05) is 31.2 Å². The van der Waals surface area contributed by atoms with Crippen LogP contribution in [0.3, 0.4) is 0 Å². The maximum absolute atomic E-state index is 10.9. The van der Waals surface area contributed by atoms with Crippen LogP contribution in [0.25, 0.3) is 11.3 Å². The zero-order chi connectivity index (χ0) is 16.2. The highest BCUT2D eigenvalue weighted by molar-refractivity contribution is 6.30. The van der Waals surface area contributed by atoms with Gasteiger partial charge in [0.25, 0.3) is 6.01 Å². The first kappa shape index (κ1) is 15.8. The molecule has 1 aliphatic heterocycles. The SMILES string of the molecule is O=C(O)CCc1oc(N2CCOCC2)nc1-c1ccc(Cl)cc1. The van der Waals surface area contributed by atoms with Crippen LogP contribution in [0.1, 0.15) is 12.2 Å². The molecule has 1 N–H and O–H groups in total. The zero-order valence-corrected chi connectivity index (χ0v) is 13.3. The Morgan fingerprint density at radius 2 is 1.96 bits per heavy atom. The predicted molar refractivity (Wildman–Crippen MR) is 85.9 cm³/mol. The number of carbonyl (C=O) groups is 1. The average molecular weight is 337 g/mol. The number of morpholine rings is 1. The monoisotopic (exact) mass is 336 g/mol. The molecule has 23 heavy (non-hydrogen) atoms. The standard InChI is InChI=1S/C16H17ClN2O4/c17-12-3-1-11(2-4-12)15-13(5-6-14(20)21)23-16(18-15)19-7-9-22-10-8-19/h1-4H,5-10H2,(H,20,21). The summed E-state index contributed by atoms with van der Waals surface area (Å²) < 4.78 is 11.2. The quantitative estimate of drug-likeness (QED) is 0.904. The van der Waals surface area contributed by atoms with Gasteiger partial charge in [-0.25, -0.2) is 0 Å². The number of hydrogen-bond donors (Lipinski definition) is 1. The van der Waals surface area contributed by atoms with Crippen LogP contribution < -0.4 is 4.90 Å². The maximum Gasteiger partial charge on any atom is 0.303 e. The largest absolute Gasteiger partial charge is 0.481 e. The van der Waals surface area contributed by atoms with Crippen molar-refractivity contribution in [3.8, 4) is 11.3 Å². The Kier molecular flexibility index (Phi) is 4.83. The van der Waals surface area contributed by atoms with Crippen molar-refractivity contribution in [2.45, 2.75) is 12.8 Å². The molecule has 0 saturated carbocycles. The molecule has 3 rings (SSSR count). The first-order valence-electron chi connectivity index (χ1n) is 7.43. The number of carboxylic acid groups (broad SMARTS) is 1. The number of halogens is 1. The number of benzene rings is 1. The van der Waals surface area contributed by atoms with Crippen molar-refractivity contribution in [1.29, 1.82) is 0 Å². The van der Waals surface area contributed by atoms with Gasteiger partial charge in [-0.2, -0.15) is 4.98 Å². The van der Waals surface area contributed by atoms with Crippen LogP contribution in [-0.4, -0.2) is 42.4 Å². The van der Waals surface area contributed by atoms with Crippen LogP contribution >= 0.6 is 11.6 Å². The molecule has 122 valence electrons. The van der Waals surface area contributed by atoms with E-state index in [1.807, 2.05) is 17.0 Å². The molecule has 0 amide bonds. The number of carboxylic acids is 1. The number of nitrogens with zero attached hydrogens (tertiary/aromatic N) is 2. The van der Waals surface area contributed by atoms with Crippen molar-refractivity contribution < 1.29 is 19.1 Å². The van der Waals surface area contributed by atoms with E-state index in [1.165, 1.54) is 0 Å². The Balaban J connectivity index is 1.92. The Bertz CT molecular complexity index is 678. The lowest BCUT2D eigenvalue weighted by atomic mass is 10.1. The summed E-state index contributed by atoms with van der Waals surface area (Å²) in [4.78, 5) is 17.5. The number of oxazole rings is 1. The summed E-state index contributed by atoms with van der Waals surface area (Å²) in [5.41, 5.74) is 1.53. The molecular weight excluding hydrogens is 320 g/mol. The minimum absolute atomic E-state index is 0.00165. The van der Waals surface area contributed by atoms with E-state index in [9.17, 15) is 4.79 Å². The van der Waals surface area contributed by atoms with Crippen LogP contribution in [0, 0.1) is 0 Å². The van der Waals surface area contributed by atoms with Crippen molar-refractivity contribution in [3.63, 3.8) is 0 Å². The van der Waals surface area contributed by atoms with Gasteiger partial charge in [-0.3, -0.25) is 4.79 Å². The molecule has 1 aromatic carbocycles. The summed E-state index contributed by atoms with van der Waals surface area (Å²) in [5.74, 6) is -0.285. The Hall–Kier alpha value is -2.05. The van der Waals surface area contributed by atoms with Crippen LogP contribution in [-0.2, 0) is 16.0 Å². The summed E-state index contributed by atoms with van der Waals surface area (Å²) in [6, 6.07) is 7.78. The third-order valence-electron chi connectivity index (χ3n) is 3.65. The molecule has 2 heterocycles. The van der Waals surface area contributed by atoms with Crippen LogP contribution in [0.15, 0.2) is 28.7 Å². The fourth-order valence-electron chi connectivity index (χ4n) is 2.45. The van der Waals surface area contributed by atoms with Gasteiger partial charge in [0.1, 0.15) is 11.5 Å². The molecule has 7 heteroatoms. The molecule has 0 bridgehead atoms. The smallest absolute Gasteiger partial charge is 0.303 e. The molecule has 0 spiro atoms. The minimum atomic E-state index is -0.864. The molecule has 1 aliphatic rings. The van der Waals surface area contributed by atoms with Gasteiger partial charge >= 0.3 is 5.97 Å². The molecule has 2 aromatic rings. The van der Waals surface area contributed by atoms with Crippen molar-refractivity contribution >= 4 is 23.6 Å². The molecular formula is C16H17ClN2O4. The summed E-state index contributed by atoms with van der Waals surface area (Å²) >= 11 is 5.92. The van der Waals surface area contributed by atoms with E-state index in [4.69, 9.17) is 25.9 Å². The zero-order valence-electron chi connectivity index (χ0n) is 12.5. The highest BCUT2D eigenvalue weighted by atomic mass is 35.5. The number of anilines is 1. The van der Waals surface area contributed by atoms with Gasteiger partial charge in [-0.05, 0) is 12.1 Å². The predicted octanol–water partition coefficient (Wildman–Crippen LogP) is 2.85. The summed E-state index contributed by atoms with van der Waals surface area (Å²) in [7, 11) is 0. The second-order valence-corrected chi connectivity index (χ2v) is 5.70. The van der Waals surface area contributed by atoms with Gasteiger partial charge in [0.05, 0.1) is 19.6 Å². The number of aromatic nitrogens is 1. The lowest BCUT2D eigenvalue weighted by molar-refractivity contribution is -0.137. The van der Waals surface area contributed by atoms with Gasteiger partial charge in [0, 0.05) is 30.1 Å². The van der Waals surface area contributed by atoms with Crippen LogP contribution in [0.2, 0.25) is 5.02 Å². The molecule has 1 fully saturated rings. The van der Waals surface area contributed by atoms with Crippen LogP contribution in [0.4, 0.5) is 6.01 Å². The highest BCUT2D eigenvalue weighted by Crippen LogP contribution is 2.30. The third-order valence-corrected chi connectivity index (χ3v) is 3.90. The lowest BCUT2D eigenvalue weighted by Gasteiger charge is -2.24. The number of ether oxygens (including phenoxy) is 1. The minimum Gasteiger partial charge on any atom is -0.481 e. The van der Waals surface area contributed by atoms with Gasteiger partial charge in [0.2, 0.25) is 0 Å². The molecule has 1 saturated heterocycles. The van der Waals surface area contributed by atoms with Crippen LogP contribution in [0.5, 0.6) is 0 Å². The number of hydrogen-bond acceptors (Lipinski definition) is 5. The summed E-state index contributed by atoms with van der Waals surface area (Å²) in [6.07, 6.45) is 0.295. The van der Waals surface area contributed by atoms with E-state index in [0.717, 1.165) is 5.56 Å². The fourth-order valence-corrected chi connectivity index (χ4v) is 2.58. The van der Waals surface area contributed by atoms with E-state index in [0.29, 0.717) is 55.2 Å². The fraction of sp³-hybridized carbons (Fsp3) is 0.375. The molecule has 0 atom stereocenters. The second kappa shape index (κ2) is 7.02. The van der Waals surface area contributed by atoms with Gasteiger partial charge in [-0.1, -0.05) is 23.7 Å². The Morgan fingerprint density at radius 1 is 1.26 bits per heavy atom. The van der Waals surface area contributed by atoms with E-state index < -0.39 is 5.97 Å². The number of rotatable bonds is 5. The van der Waals surface area contributed by atoms with Crippen molar-refractivity contribution in [3.05, 3.63) is 35.0 Å². The molecule has 0 radical (unpaired) electrons.